The van der Waals surface area contributed by atoms with Crippen molar-refractivity contribution < 1.29 is 14.3 Å². The van der Waals surface area contributed by atoms with Crippen molar-refractivity contribution in [3.63, 3.8) is 0 Å². The van der Waals surface area contributed by atoms with E-state index in [9.17, 15) is 9.59 Å². The van der Waals surface area contributed by atoms with E-state index < -0.39 is 0 Å². The van der Waals surface area contributed by atoms with Crippen LogP contribution in [-0.4, -0.2) is 35.8 Å². The van der Waals surface area contributed by atoms with Gasteiger partial charge in [-0.1, -0.05) is 11.8 Å². The molecule has 1 aliphatic rings. The van der Waals surface area contributed by atoms with E-state index in [0.29, 0.717) is 22.3 Å². The zero-order valence-corrected chi connectivity index (χ0v) is 15.6. The highest BCUT2D eigenvalue weighted by Gasteiger charge is 2.16. The third kappa shape index (κ3) is 4.19. The lowest BCUT2D eigenvalue weighted by atomic mass is 9.97. The van der Waals surface area contributed by atoms with Gasteiger partial charge in [0.05, 0.1) is 31.4 Å². The number of methoxy groups -OCH3 is 2. The first-order valence-corrected chi connectivity index (χ1v) is 9.36. The van der Waals surface area contributed by atoms with Crippen LogP contribution >= 0.6 is 11.8 Å². The molecular formula is C18H21N3O4S. The fourth-order valence-corrected chi connectivity index (χ4v) is 3.55. The number of aryl methyl sites for hydroxylation is 1. The number of carbonyl (C=O) groups excluding carboxylic acids is 1. The summed E-state index contributed by atoms with van der Waals surface area (Å²) in [5.41, 5.74) is 2.12. The summed E-state index contributed by atoms with van der Waals surface area (Å²) in [4.78, 5) is 31.6. The van der Waals surface area contributed by atoms with Gasteiger partial charge in [-0.15, -0.1) is 0 Å². The Morgan fingerprint density at radius 3 is 2.85 bits per heavy atom. The van der Waals surface area contributed by atoms with Gasteiger partial charge in [0, 0.05) is 11.6 Å². The molecule has 0 spiro atoms. The molecule has 0 saturated carbocycles. The number of thioether (sulfide) groups is 1. The van der Waals surface area contributed by atoms with E-state index in [-0.39, 0.29) is 17.2 Å². The lowest BCUT2D eigenvalue weighted by Crippen LogP contribution is -2.22. The largest absolute Gasteiger partial charge is 0.497 e. The van der Waals surface area contributed by atoms with E-state index >= 15 is 0 Å². The summed E-state index contributed by atoms with van der Waals surface area (Å²) < 4.78 is 10.4. The van der Waals surface area contributed by atoms with Crippen molar-refractivity contribution in [1.29, 1.82) is 0 Å². The summed E-state index contributed by atoms with van der Waals surface area (Å²) in [6, 6.07) is 5.17. The Kier molecular flexibility index (Phi) is 5.82. The number of ether oxygens (including phenoxy) is 2. The van der Waals surface area contributed by atoms with Gasteiger partial charge in [-0.3, -0.25) is 9.59 Å². The molecule has 3 rings (SSSR count). The van der Waals surface area contributed by atoms with Crippen LogP contribution in [0.15, 0.2) is 28.2 Å². The molecule has 1 heterocycles. The maximum atomic E-state index is 12.2. The first-order valence-electron chi connectivity index (χ1n) is 8.37. The molecule has 1 aromatic carbocycles. The van der Waals surface area contributed by atoms with Gasteiger partial charge in [-0.05, 0) is 37.8 Å². The van der Waals surface area contributed by atoms with E-state index in [2.05, 4.69) is 15.3 Å². The zero-order valence-electron chi connectivity index (χ0n) is 14.8. The molecule has 8 heteroatoms. The number of benzene rings is 1. The molecule has 2 aromatic rings. The number of aromatic amines is 1. The minimum Gasteiger partial charge on any atom is -0.497 e. The second-order valence-corrected chi connectivity index (χ2v) is 6.87. The molecule has 2 N–H and O–H groups in total. The molecule has 138 valence electrons. The Hall–Kier alpha value is -2.48. The first kappa shape index (κ1) is 18.3. The second-order valence-electron chi connectivity index (χ2n) is 5.91. The number of rotatable bonds is 6. The number of hydrogen-bond acceptors (Lipinski definition) is 6. The molecule has 1 amide bonds. The minimum atomic E-state index is -0.209. The highest BCUT2D eigenvalue weighted by molar-refractivity contribution is 7.99. The van der Waals surface area contributed by atoms with Crippen LogP contribution in [0.5, 0.6) is 11.5 Å². The molecule has 1 aromatic heterocycles. The normalized spacial score (nSPS) is 13.0. The number of nitrogens with one attached hydrogen (secondary N) is 2. The quantitative estimate of drug-likeness (QED) is 0.595. The van der Waals surface area contributed by atoms with Crippen LogP contribution in [0.2, 0.25) is 0 Å². The van der Waals surface area contributed by atoms with Crippen LogP contribution in [0.25, 0.3) is 0 Å². The molecule has 7 nitrogen and oxygen atoms in total. The van der Waals surface area contributed by atoms with E-state index in [1.807, 2.05) is 0 Å². The Labute approximate surface area is 155 Å². The smallest absolute Gasteiger partial charge is 0.254 e. The minimum absolute atomic E-state index is 0.0885. The Morgan fingerprint density at radius 2 is 2.08 bits per heavy atom. The van der Waals surface area contributed by atoms with Crippen LogP contribution < -0.4 is 20.3 Å². The summed E-state index contributed by atoms with van der Waals surface area (Å²) in [5, 5.41) is 3.28. The molecule has 0 fully saturated rings. The highest BCUT2D eigenvalue weighted by Crippen LogP contribution is 2.29. The Balaban J connectivity index is 1.64. The summed E-state index contributed by atoms with van der Waals surface area (Å²) in [6.45, 7) is 0. The third-order valence-electron chi connectivity index (χ3n) is 4.19. The monoisotopic (exact) mass is 375 g/mol. The summed E-state index contributed by atoms with van der Waals surface area (Å²) in [7, 11) is 3.09. The van der Waals surface area contributed by atoms with Gasteiger partial charge in [0.15, 0.2) is 5.16 Å². The number of carbonyl (C=O) groups is 1. The van der Waals surface area contributed by atoms with E-state index in [1.165, 1.54) is 18.9 Å². The fourth-order valence-electron chi connectivity index (χ4n) is 2.87. The van der Waals surface area contributed by atoms with Gasteiger partial charge >= 0.3 is 0 Å². The SMILES string of the molecule is COc1ccc(NC(=O)CSc2nc3c(c(=O)[nH]2)CCCC3)c(OC)c1. The van der Waals surface area contributed by atoms with Gasteiger partial charge in [-0.25, -0.2) is 4.98 Å². The number of amides is 1. The molecule has 0 bridgehead atoms. The molecule has 0 atom stereocenters. The van der Waals surface area contributed by atoms with Gasteiger partial charge < -0.3 is 19.8 Å². The van der Waals surface area contributed by atoms with Crippen molar-refractivity contribution in [2.24, 2.45) is 0 Å². The molecule has 0 unspecified atom stereocenters. The number of fused-ring (bicyclic) bond motifs is 1. The van der Waals surface area contributed by atoms with Crippen molar-refractivity contribution in [3.05, 3.63) is 39.8 Å². The van der Waals surface area contributed by atoms with Gasteiger partial charge in [0.25, 0.3) is 5.56 Å². The van der Waals surface area contributed by atoms with Gasteiger partial charge in [0.1, 0.15) is 11.5 Å². The van der Waals surface area contributed by atoms with Crippen molar-refractivity contribution in [3.8, 4) is 11.5 Å². The van der Waals surface area contributed by atoms with Crippen molar-refractivity contribution in [1.82, 2.24) is 9.97 Å². The topological polar surface area (TPSA) is 93.3 Å². The summed E-state index contributed by atoms with van der Waals surface area (Å²) in [6.07, 6.45) is 3.67. The van der Waals surface area contributed by atoms with E-state index in [1.54, 1.807) is 25.3 Å². The molecule has 1 aliphatic carbocycles. The van der Waals surface area contributed by atoms with Gasteiger partial charge in [-0.2, -0.15) is 0 Å². The second kappa shape index (κ2) is 8.27. The lowest BCUT2D eigenvalue weighted by molar-refractivity contribution is -0.113. The zero-order chi connectivity index (χ0) is 18.5. The fraction of sp³-hybridized carbons (Fsp3) is 0.389. The lowest BCUT2D eigenvalue weighted by Gasteiger charge is -2.14. The van der Waals surface area contributed by atoms with Crippen molar-refractivity contribution in [2.45, 2.75) is 30.8 Å². The van der Waals surface area contributed by atoms with Crippen LogP contribution in [0.1, 0.15) is 24.1 Å². The molecule has 0 radical (unpaired) electrons. The highest BCUT2D eigenvalue weighted by atomic mass is 32.2. The Bertz CT molecular complexity index is 866. The Morgan fingerprint density at radius 1 is 1.27 bits per heavy atom. The summed E-state index contributed by atoms with van der Waals surface area (Å²) in [5.74, 6) is 1.09. The van der Waals surface area contributed by atoms with Crippen LogP contribution in [-0.2, 0) is 17.6 Å². The summed E-state index contributed by atoms with van der Waals surface area (Å²) >= 11 is 1.21. The average Bonchev–Trinajstić information content (AvgIpc) is 2.66. The number of anilines is 1. The van der Waals surface area contributed by atoms with E-state index in [0.717, 1.165) is 36.9 Å². The number of aromatic nitrogens is 2. The number of H-pyrrole nitrogens is 1. The van der Waals surface area contributed by atoms with Crippen LogP contribution in [0, 0.1) is 0 Å². The number of hydrogen-bond donors (Lipinski definition) is 2. The molecular weight excluding hydrogens is 354 g/mol. The molecule has 26 heavy (non-hydrogen) atoms. The third-order valence-corrected chi connectivity index (χ3v) is 5.07. The maximum Gasteiger partial charge on any atom is 0.254 e. The first-order chi connectivity index (χ1) is 12.6. The maximum absolute atomic E-state index is 12.2. The van der Waals surface area contributed by atoms with Crippen LogP contribution in [0.4, 0.5) is 5.69 Å². The number of nitrogens with zero attached hydrogens (tertiary/aromatic N) is 1. The van der Waals surface area contributed by atoms with Crippen molar-refractivity contribution >= 4 is 23.4 Å². The standard InChI is InChI=1S/C18H21N3O4S/c1-24-11-7-8-14(15(9-11)25-2)19-16(22)10-26-18-20-13-6-4-3-5-12(13)17(23)21-18/h7-9H,3-6,10H2,1-2H3,(H,19,22)(H,20,21,23). The van der Waals surface area contributed by atoms with Gasteiger partial charge in [0.2, 0.25) is 5.91 Å². The average molecular weight is 375 g/mol. The van der Waals surface area contributed by atoms with E-state index in [4.69, 9.17) is 9.47 Å². The van der Waals surface area contributed by atoms with Crippen LogP contribution in [0.3, 0.4) is 0 Å². The van der Waals surface area contributed by atoms with Crippen molar-refractivity contribution in [2.75, 3.05) is 25.3 Å². The molecule has 0 saturated heterocycles. The predicted octanol–water partition coefficient (Wildman–Crippen LogP) is 2.40. The molecule has 0 aliphatic heterocycles. The predicted molar refractivity (Wildman–Crippen MR) is 100 cm³/mol.